The van der Waals surface area contributed by atoms with Crippen LogP contribution in [-0.4, -0.2) is 15.9 Å². The molecule has 0 unspecified atom stereocenters. The van der Waals surface area contributed by atoms with Crippen LogP contribution in [0.3, 0.4) is 0 Å². The second-order valence-corrected chi connectivity index (χ2v) is 2.43. The highest BCUT2D eigenvalue weighted by Gasteiger charge is 1.98. The molecular formula is C7H9N3O2. The summed E-state index contributed by atoms with van der Waals surface area (Å²) >= 11 is 0. The Morgan fingerprint density at radius 1 is 1.67 bits per heavy atom. The van der Waals surface area contributed by atoms with Crippen LogP contribution in [0.4, 0.5) is 5.95 Å². The zero-order valence-electron chi connectivity index (χ0n) is 6.84. The molecule has 2 N–H and O–H groups in total. The van der Waals surface area contributed by atoms with Crippen molar-refractivity contribution in [1.29, 1.82) is 0 Å². The molecule has 5 nitrogen and oxygen atoms in total. The van der Waals surface area contributed by atoms with Gasteiger partial charge in [0.15, 0.2) is 0 Å². The molecule has 0 saturated carbocycles. The summed E-state index contributed by atoms with van der Waals surface area (Å²) in [5, 5.41) is 2.37. The molecule has 1 aromatic rings. The van der Waals surface area contributed by atoms with Crippen molar-refractivity contribution in [3.63, 3.8) is 0 Å². The highest BCUT2D eigenvalue weighted by atomic mass is 16.1. The van der Waals surface area contributed by atoms with Crippen LogP contribution in [0, 0.1) is 6.92 Å². The van der Waals surface area contributed by atoms with Crippen LogP contribution in [0.15, 0.2) is 11.0 Å². The number of nitrogens with one attached hydrogen (secondary N) is 2. The smallest absolute Gasteiger partial charge is 0.255 e. The lowest BCUT2D eigenvalue weighted by molar-refractivity contribution is -0.114. The molecule has 0 aliphatic heterocycles. The fourth-order valence-corrected chi connectivity index (χ4v) is 0.689. The van der Waals surface area contributed by atoms with Gasteiger partial charge in [0.1, 0.15) is 0 Å². The van der Waals surface area contributed by atoms with E-state index in [1.54, 1.807) is 6.92 Å². The molecule has 0 bridgehead atoms. The largest absolute Gasteiger partial charge is 0.296 e. The number of anilines is 1. The number of nitrogens with zero attached hydrogens (tertiary/aromatic N) is 1. The molecular weight excluding hydrogens is 158 g/mol. The van der Waals surface area contributed by atoms with Gasteiger partial charge in [-0.1, -0.05) is 0 Å². The Balaban J connectivity index is 2.97. The van der Waals surface area contributed by atoms with Crippen LogP contribution < -0.4 is 10.9 Å². The number of rotatable bonds is 1. The summed E-state index contributed by atoms with van der Waals surface area (Å²) in [5.74, 6) is -0.0832. The van der Waals surface area contributed by atoms with Crippen molar-refractivity contribution < 1.29 is 4.79 Å². The van der Waals surface area contributed by atoms with E-state index in [1.807, 2.05) is 0 Å². The number of carbonyl (C=O) groups is 1. The number of aryl methyl sites for hydroxylation is 1. The number of hydrogen-bond donors (Lipinski definition) is 2. The molecule has 0 radical (unpaired) electrons. The Labute approximate surface area is 68.8 Å². The topological polar surface area (TPSA) is 74.8 Å². The average Bonchev–Trinajstić information content (AvgIpc) is 1.96. The van der Waals surface area contributed by atoms with Gasteiger partial charge in [-0.3, -0.25) is 19.9 Å². The Kier molecular flexibility index (Phi) is 2.23. The predicted octanol–water partition coefficient (Wildman–Crippen LogP) is 0.0367. The van der Waals surface area contributed by atoms with Gasteiger partial charge in [0.2, 0.25) is 11.9 Å². The van der Waals surface area contributed by atoms with Gasteiger partial charge in [0.05, 0.1) is 0 Å². The zero-order chi connectivity index (χ0) is 9.14. The fourth-order valence-electron chi connectivity index (χ4n) is 0.689. The third-order valence-corrected chi connectivity index (χ3v) is 1.27. The lowest BCUT2D eigenvalue weighted by Crippen LogP contribution is -2.16. The Morgan fingerprint density at radius 3 is 2.83 bits per heavy atom. The second-order valence-electron chi connectivity index (χ2n) is 2.43. The Morgan fingerprint density at radius 2 is 2.33 bits per heavy atom. The summed E-state index contributed by atoms with van der Waals surface area (Å²) in [7, 11) is 0. The van der Waals surface area contributed by atoms with Gasteiger partial charge in [-0.25, -0.2) is 4.98 Å². The van der Waals surface area contributed by atoms with Gasteiger partial charge in [0, 0.05) is 18.7 Å². The number of aromatic amines is 1. The van der Waals surface area contributed by atoms with Crippen LogP contribution >= 0.6 is 0 Å². The predicted molar refractivity (Wildman–Crippen MR) is 43.9 cm³/mol. The zero-order valence-corrected chi connectivity index (χ0v) is 6.84. The van der Waals surface area contributed by atoms with Crippen molar-refractivity contribution in [2.75, 3.05) is 5.32 Å². The van der Waals surface area contributed by atoms with Gasteiger partial charge in [-0.15, -0.1) is 0 Å². The van der Waals surface area contributed by atoms with Gasteiger partial charge < -0.3 is 0 Å². The summed E-state index contributed by atoms with van der Waals surface area (Å²) in [6.07, 6.45) is 1.41. The summed E-state index contributed by atoms with van der Waals surface area (Å²) in [4.78, 5) is 27.7. The summed E-state index contributed by atoms with van der Waals surface area (Å²) < 4.78 is 0. The molecule has 0 atom stereocenters. The van der Waals surface area contributed by atoms with Gasteiger partial charge in [-0.05, 0) is 6.92 Å². The standard InChI is InChI=1S/C7H9N3O2/c1-4-3-8-7(9-5(2)11)10-6(4)12/h3H,1-2H3,(H2,8,9,10,11,12). The molecule has 12 heavy (non-hydrogen) atoms. The van der Waals surface area contributed by atoms with Crippen LogP contribution in [0.5, 0.6) is 0 Å². The van der Waals surface area contributed by atoms with E-state index >= 15 is 0 Å². The van der Waals surface area contributed by atoms with Crippen LogP contribution in [0.25, 0.3) is 0 Å². The lowest BCUT2D eigenvalue weighted by atomic mass is 10.4. The van der Waals surface area contributed by atoms with E-state index in [1.165, 1.54) is 13.1 Å². The van der Waals surface area contributed by atoms with Crippen LogP contribution in [-0.2, 0) is 4.79 Å². The second kappa shape index (κ2) is 3.17. The van der Waals surface area contributed by atoms with Crippen molar-refractivity contribution in [3.8, 4) is 0 Å². The van der Waals surface area contributed by atoms with Crippen molar-refractivity contribution in [3.05, 3.63) is 22.1 Å². The van der Waals surface area contributed by atoms with E-state index < -0.39 is 0 Å². The van der Waals surface area contributed by atoms with E-state index in [9.17, 15) is 9.59 Å². The molecule has 1 rings (SSSR count). The van der Waals surface area contributed by atoms with Gasteiger partial charge in [-0.2, -0.15) is 0 Å². The minimum atomic E-state index is -0.262. The third kappa shape index (κ3) is 1.91. The number of carbonyl (C=O) groups excluding carboxylic acids is 1. The van der Waals surface area contributed by atoms with Gasteiger partial charge >= 0.3 is 0 Å². The highest BCUT2D eigenvalue weighted by Crippen LogP contribution is 1.92. The fraction of sp³-hybridized carbons (Fsp3) is 0.286. The average molecular weight is 167 g/mol. The van der Waals surface area contributed by atoms with E-state index in [4.69, 9.17) is 0 Å². The first kappa shape index (κ1) is 8.45. The number of amides is 1. The number of hydrogen-bond acceptors (Lipinski definition) is 3. The summed E-state index contributed by atoms with van der Waals surface area (Å²) in [6.45, 7) is 2.99. The molecule has 1 heterocycles. The maximum Gasteiger partial charge on any atom is 0.255 e. The minimum Gasteiger partial charge on any atom is -0.296 e. The molecule has 0 saturated heterocycles. The molecule has 0 fully saturated rings. The van der Waals surface area contributed by atoms with Crippen molar-refractivity contribution in [2.45, 2.75) is 13.8 Å². The molecule has 5 heteroatoms. The maximum atomic E-state index is 11.0. The highest BCUT2D eigenvalue weighted by molar-refractivity contribution is 5.86. The molecule has 0 aliphatic carbocycles. The van der Waals surface area contributed by atoms with Crippen molar-refractivity contribution in [2.24, 2.45) is 0 Å². The summed E-state index contributed by atoms with van der Waals surface area (Å²) in [6, 6.07) is 0. The van der Waals surface area contributed by atoms with E-state index in [0.717, 1.165) is 0 Å². The Hall–Kier alpha value is -1.65. The molecule has 0 aliphatic rings. The number of aromatic nitrogens is 2. The lowest BCUT2D eigenvalue weighted by Gasteiger charge is -1.99. The van der Waals surface area contributed by atoms with E-state index in [2.05, 4.69) is 15.3 Å². The Bertz CT molecular complexity index is 356. The van der Waals surface area contributed by atoms with Gasteiger partial charge in [0.25, 0.3) is 5.56 Å². The molecule has 1 amide bonds. The molecule has 0 spiro atoms. The summed E-state index contributed by atoms with van der Waals surface area (Å²) in [5.41, 5.74) is 0.276. The molecule has 64 valence electrons. The maximum absolute atomic E-state index is 11.0. The number of H-pyrrole nitrogens is 1. The minimum absolute atomic E-state index is 0.179. The van der Waals surface area contributed by atoms with Crippen LogP contribution in [0.1, 0.15) is 12.5 Å². The third-order valence-electron chi connectivity index (χ3n) is 1.27. The monoisotopic (exact) mass is 167 g/mol. The molecule has 0 aromatic carbocycles. The molecule has 1 aromatic heterocycles. The van der Waals surface area contributed by atoms with E-state index in [-0.39, 0.29) is 17.4 Å². The van der Waals surface area contributed by atoms with E-state index in [0.29, 0.717) is 5.56 Å². The van der Waals surface area contributed by atoms with Crippen LogP contribution in [0.2, 0.25) is 0 Å². The first-order chi connectivity index (χ1) is 5.59. The van der Waals surface area contributed by atoms with Crippen molar-refractivity contribution >= 4 is 11.9 Å². The SMILES string of the molecule is CC(=O)Nc1ncc(C)c(=O)[nH]1. The first-order valence-corrected chi connectivity index (χ1v) is 3.43. The quantitative estimate of drug-likeness (QED) is 0.620. The normalized spacial score (nSPS) is 9.50. The first-order valence-electron chi connectivity index (χ1n) is 3.43. The van der Waals surface area contributed by atoms with Crippen molar-refractivity contribution in [1.82, 2.24) is 9.97 Å².